The van der Waals surface area contributed by atoms with E-state index in [1.54, 1.807) is 13.8 Å². The summed E-state index contributed by atoms with van der Waals surface area (Å²) in [5, 5.41) is 0. The van der Waals surface area contributed by atoms with Gasteiger partial charge in [-0.1, -0.05) is 19.9 Å². The first-order valence-electron chi connectivity index (χ1n) is 9.99. The quantitative estimate of drug-likeness (QED) is 0.287. The smallest absolute Gasteiger partial charge is 0.343 e. The van der Waals surface area contributed by atoms with Crippen LogP contribution in [0.4, 0.5) is 4.39 Å². The zero-order chi connectivity index (χ0) is 23.3. The molecule has 0 bridgehead atoms. The molecule has 0 saturated carbocycles. The fourth-order valence-corrected chi connectivity index (χ4v) is 4.61. The SMILES string of the molecule is CCN(CC)S(=O)(=O)c1cccc(C(=O)Oc2ccc(C(=O)c3ccc(F)cc3)cc2)c1. The highest BCUT2D eigenvalue weighted by Crippen LogP contribution is 2.20. The summed E-state index contributed by atoms with van der Waals surface area (Å²) in [5.41, 5.74) is 0.774. The van der Waals surface area contributed by atoms with Crippen molar-refractivity contribution in [2.45, 2.75) is 18.7 Å². The molecule has 0 aliphatic rings. The first-order chi connectivity index (χ1) is 15.3. The Bertz CT molecular complexity index is 1220. The van der Waals surface area contributed by atoms with Gasteiger partial charge in [0.25, 0.3) is 0 Å². The van der Waals surface area contributed by atoms with Crippen molar-refractivity contribution in [3.05, 3.63) is 95.3 Å². The molecule has 0 N–H and O–H groups in total. The van der Waals surface area contributed by atoms with E-state index in [0.717, 1.165) is 0 Å². The van der Waals surface area contributed by atoms with E-state index in [-0.39, 0.29) is 22.0 Å². The maximum absolute atomic E-state index is 13.0. The maximum Gasteiger partial charge on any atom is 0.343 e. The topological polar surface area (TPSA) is 80.8 Å². The normalized spacial score (nSPS) is 11.4. The van der Waals surface area contributed by atoms with Gasteiger partial charge in [-0.15, -0.1) is 0 Å². The predicted molar refractivity (Wildman–Crippen MR) is 118 cm³/mol. The highest BCUT2D eigenvalue weighted by atomic mass is 32.2. The van der Waals surface area contributed by atoms with Gasteiger partial charge in [0.05, 0.1) is 10.5 Å². The van der Waals surface area contributed by atoms with Crippen LogP contribution in [0.15, 0.2) is 77.7 Å². The van der Waals surface area contributed by atoms with Gasteiger partial charge >= 0.3 is 5.97 Å². The van der Waals surface area contributed by atoms with Gasteiger partial charge in [0, 0.05) is 24.2 Å². The van der Waals surface area contributed by atoms with E-state index in [9.17, 15) is 22.4 Å². The van der Waals surface area contributed by atoms with Crippen LogP contribution in [-0.4, -0.2) is 37.6 Å². The lowest BCUT2D eigenvalue weighted by atomic mass is 10.0. The van der Waals surface area contributed by atoms with E-state index in [2.05, 4.69) is 0 Å². The molecule has 0 aromatic heterocycles. The van der Waals surface area contributed by atoms with Gasteiger partial charge in [-0.2, -0.15) is 4.31 Å². The number of hydrogen-bond donors (Lipinski definition) is 0. The standard InChI is InChI=1S/C24H22FNO5S/c1-3-26(4-2)32(29,30)22-7-5-6-19(16-22)24(28)31-21-14-10-18(11-15-21)23(27)17-8-12-20(25)13-9-17/h5-16H,3-4H2,1-2H3. The Balaban J connectivity index is 1.75. The first kappa shape index (κ1) is 23.3. The van der Waals surface area contributed by atoms with Crippen LogP contribution in [-0.2, 0) is 10.0 Å². The van der Waals surface area contributed by atoms with Gasteiger partial charge in [0.2, 0.25) is 10.0 Å². The lowest BCUT2D eigenvalue weighted by Crippen LogP contribution is -2.30. The zero-order valence-corrected chi connectivity index (χ0v) is 18.4. The van der Waals surface area contributed by atoms with Crippen LogP contribution in [0.2, 0.25) is 0 Å². The summed E-state index contributed by atoms with van der Waals surface area (Å²) >= 11 is 0. The number of carbonyl (C=O) groups excluding carboxylic acids is 2. The number of rotatable bonds is 8. The number of ether oxygens (including phenoxy) is 1. The van der Waals surface area contributed by atoms with Crippen molar-refractivity contribution in [3.63, 3.8) is 0 Å². The molecular weight excluding hydrogens is 433 g/mol. The lowest BCUT2D eigenvalue weighted by Gasteiger charge is -2.18. The van der Waals surface area contributed by atoms with Crippen LogP contribution in [0.25, 0.3) is 0 Å². The Morgan fingerprint density at radius 3 is 1.97 bits per heavy atom. The molecule has 3 rings (SSSR count). The number of ketones is 1. The number of halogens is 1. The van der Waals surface area contributed by atoms with E-state index in [0.29, 0.717) is 24.2 Å². The molecule has 0 aliphatic carbocycles. The monoisotopic (exact) mass is 455 g/mol. The van der Waals surface area contributed by atoms with E-state index in [1.807, 2.05) is 0 Å². The molecule has 166 valence electrons. The molecule has 0 spiro atoms. The molecule has 0 unspecified atom stereocenters. The average Bonchev–Trinajstić information content (AvgIpc) is 2.80. The summed E-state index contributed by atoms with van der Waals surface area (Å²) in [4.78, 5) is 25.0. The summed E-state index contributed by atoms with van der Waals surface area (Å²) in [6.07, 6.45) is 0. The average molecular weight is 456 g/mol. The minimum Gasteiger partial charge on any atom is -0.423 e. The fraction of sp³-hybridized carbons (Fsp3) is 0.167. The van der Waals surface area contributed by atoms with Gasteiger partial charge < -0.3 is 4.74 Å². The Labute approximate surface area is 186 Å². The van der Waals surface area contributed by atoms with Crippen LogP contribution in [0, 0.1) is 5.82 Å². The van der Waals surface area contributed by atoms with Crippen LogP contribution in [0.3, 0.4) is 0 Å². The van der Waals surface area contributed by atoms with Gasteiger partial charge in [0.15, 0.2) is 5.78 Å². The van der Waals surface area contributed by atoms with Crippen molar-refractivity contribution in [1.82, 2.24) is 4.31 Å². The minimum absolute atomic E-state index is 0.0101. The Morgan fingerprint density at radius 2 is 1.41 bits per heavy atom. The molecule has 0 fully saturated rings. The van der Waals surface area contributed by atoms with Crippen molar-refractivity contribution in [2.24, 2.45) is 0 Å². The first-order valence-corrected chi connectivity index (χ1v) is 11.4. The molecule has 6 nitrogen and oxygen atoms in total. The highest BCUT2D eigenvalue weighted by Gasteiger charge is 2.23. The number of esters is 1. The van der Waals surface area contributed by atoms with Crippen molar-refractivity contribution < 1.29 is 27.1 Å². The lowest BCUT2D eigenvalue weighted by molar-refractivity contribution is 0.0734. The zero-order valence-electron chi connectivity index (χ0n) is 17.6. The van der Waals surface area contributed by atoms with Crippen LogP contribution in [0.1, 0.15) is 40.1 Å². The largest absolute Gasteiger partial charge is 0.423 e. The third-order valence-electron chi connectivity index (χ3n) is 4.85. The molecule has 0 radical (unpaired) electrons. The molecular formula is C24H22FNO5S. The second-order valence-electron chi connectivity index (χ2n) is 6.87. The second-order valence-corrected chi connectivity index (χ2v) is 8.81. The predicted octanol–water partition coefficient (Wildman–Crippen LogP) is 4.31. The molecule has 0 atom stereocenters. The van der Waals surface area contributed by atoms with E-state index < -0.39 is 21.8 Å². The summed E-state index contributed by atoms with van der Waals surface area (Å²) in [7, 11) is -3.71. The van der Waals surface area contributed by atoms with E-state index >= 15 is 0 Å². The minimum atomic E-state index is -3.71. The van der Waals surface area contributed by atoms with E-state index in [1.165, 1.54) is 77.1 Å². The Kier molecular flexibility index (Phi) is 7.17. The molecule has 32 heavy (non-hydrogen) atoms. The third kappa shape index (κ3) is 5.09. The molecule has 0 heterocycles. The summed E-state index contributed by atoms with van der Waals surface area (Å²) in [6, 6.07) is 16.8. The van der Waals surface area contributed by atoms with Crippen LogP contribution in [0.5, 0.6) is 5.75 Å². The third-order valence-corrected chi connectivity index (χ3v) is 6.89. The van der Waals surface area contributed by atoms with Crippen molar-refractivity contribution in [2.75, 3.05) is 13.1 Å². The molecule has 8 heteroatoms. The fourth-order valence-electron chi connectivity index (χ4n) is 3.10. The van der Waals surface area contributed by atoms with Crippen molar-refractivity contribution >= 4 is 21.8 Å². The Hall–Kier alpha value is -3.36. The van der Waals surface area contributed by atoms with Crippen molar-refractivity contribution in [1.29, 1.82) is 0 Å². The van der Waals surface area contributed by atoms with Crippen LogP contribution >= 0.6 is 0 Å². The number of carbonyl (C=O) groups is 2. The summed E-state index contributed by atoms with van der Waals surface area (Å²) in [6.45, 7) is 4.11. The van der Waals surface area contributed by atoms with Gasteiger partial charge in [0.1, 0.15) is 11.6 Å². The van der Waals surface area contributed by atoms with Gasteiger partial charge in [-0.25, -0.2) is 17.6 Å². The maximum atomic E-state index is 13.0. The molecule has 0 aliphatic heterocycles. The number of sulfonamides is 1. The molecule has 3 aromatic rings. The number of nitrogens with zero attached hydrogens (tertiary/aromatic N) is 1. The molecule has 0 saturated heterocycles. The highest BCUT2D eigenvalue weighted by molar-refractivity contribution is 7.89. The van der Waals surface area contributed by atoms with E-state index in [4.69, 9.17) is 4.74 Å². The molecule has 0 amide bonds. The Morgan fingerprint density at radius 1 is 0.844 bits per heavy atom. The van der Waals surface area contributed by atoms with Crippen molar-refractivity contribution in [3.8, 4) is 5.75 Å². The molecule has 3 aromatic carbocycles. The summed E-state index contributed by atoms with van der Waals surface area (Å²) in [5.74, 6) is -1.25. The van der Waals surface area contributed by atoms with Gasteiger partial charge in [-0.05, 0) is 66.7 Å². The van der Waals surface area contributed by atoms with Crippen LogP contribution < -0.4 is 4.74 Å². The number of hydrogen-bond acceptors (Lipinski definition) is 5. The number of benzene rings is 3. The summed E-state index contributed by atoms with van der Waals surface area (Å²) < 4.78 is 45.0. The van der Waals surface area contributed by atoms with Gasteiger partial charge in [-0.3, -0.25) is 4.79 Å². The second kappa shape index (κ2) is 9.84.